The van der Waals surface area contributed by atoms with E-state index in [2.05, 4.69) is 21.8 Å². The van der Waals surface area contributed by atoms with Crippen LogP contribution < -0.4 is 10.6 Å². The maximum Gasteiger partial charge on any atom is 0.217 e. The van der Waals surface area contributed by atoms with Gasteiger partial charge in [0.05, 0.1) is 5.69 Å². The number of amides is 1. The van der Waals surface area contributed by atoms with Gasteiger partial charge in [-0.15, -0.1) is 0 Å². The van der Waals surface area contributed by atoms with E-state index in [0.29, 0.717) is 18.0 Å². The van der Waals surface area contributed by atoms with Crippen molar-refractivity contribution >= 4 is 5.91 Å². The Balaban J connectivity index is 1.48. The number of carbonyl (C=O) groups excluding carboxylic acids is 1. The first kappa shape index (κ1) is 17.4. The second-order valence-electron chi connectivity index (χ2n) is 7.23. The predicted octanol–water partition coefficient (Wildman–Crippen LogP) is 1.92. The summed E-state index contributed by atoms with van der Waals surface area (Å²) in [6.45, 7) is 3.44. The zero-order chi connectivity index (χ0) is 16.9. The molecular weight excluding hydrogens is 304 g/mol. The van der Waals surface area contributed by atoms with Crippen molar-refractivity contribution in [3.05, 3.63) is 18.0 Å². The summed E-state index contributed by atoms with van der Waals surface area (Å²) in [6, 6.07) is 2.99. The van der Waals surface area contributed by atoms with Crippen LogP contribution in [-0.2, 0) is 16.6 Å². The molecule has 1 amide bonds. The minimum absolute atomic E-state index is 0.0878. The second kappa shape index (κ2) is 8.12. The Kier molecular flexibility index (Phi) is 5.89. The first-order chi connectivity index (χ1) is 11.6. The van der Waals surface area contributed by atoms with Crippen molar-refractivity contribution in [2.75, 3.05) is 13.2 Å². The molecule has 1 saturated heterocycles. The first-order valence-electron chi connectivity index (χ1n) is 9.23. The van der Waals surface area contributed by atoms with Gasteiger partial charge in [0, 0.05) is 51.3 Å². The van der Waals surface area contributed by atoms with Gasteiger partial charge in [-0.3, -0.25) is 9.48 Å². The van der Waals surface area contributed by atoms with Crippen LogP contribution in [0.5, 0.6) is 0 Å². The number of hydrogen-bond acceptors (Lipinski definition) is 4. The maximum absolute atomic E-state index is 11.2. The van der Waals surface area contributed by atoms with E-state index in [1.807, 2.05) is 17.9 Å². The number of nitrogens with one attached hydrogen (secondary N) is 2. The molecule has 1 aromatic rings. The number of aromatic nitrogens is 2. The number of nitrogens with zero attached hydrogens (tertiary/aromatic N) is 2. The summed E-state index contributed by atoms with van der Waals surface area (Å²) >= 11 is 0. The Hall–Kier alpha value is -1.40. The molecule has 1 aliphatic carbocycles. The molecule has 1 aromatic heterocycles. The highest BCUT2D eigenvalue weighted by atomic mass is 16.5. The van der Waals surface area contributed by atoms with E-state index in [1.54, 1.807) is 6.92 Å². The summed E-state index contributed by atoms with van der Waals surface area (Å²) in [7, 11) is 1.99. The Bertz CT molecular complexity index is 537. The Morgan fingerprint density at radius 3 is 2.71 bits per heavy atom. The smallest absolute Gasteiger partial charge is 0.217 e. The maximum atomic E-state index is 11.2. The van der Waals surface area contributed by atoms with Gasteiger partial charge in [-0.2, -0.15) is 5.10 Å². The van der Waals surface area contributed by atoms with Gasteiger partial charge in [0.15, 0.2) is 0 Å². The molecule has 6 heteroatoms. The Morgan fingerprint density at radius 1 is 1.29 bits per heavy atom. The lowest BCUT2D eigenvalue weighted by atomic mass is 9.88. The third-order valence-electron chi connectivity index (χ3n) is 5.40. The van der Waals surface area contributed by atoms with Crippen LogP contribution in [-0.4, -0.2) is 40.9 Å². The van der Waals surface area contributed by atoms with Gasteiger partial charge in [-0.25, -0.2) is 0 Å². The minimum atomic E-state index is 0.0878. The summed E-state index contributed by atoms with van der Waals surface area (Å²) in [4.78, 5) is 11.2. The molecule has 24 heavy (non-hydrogen) atoms. The van der Waals surface area contributed by atoms with Crippen molar-refractivity contribution in [3.63, 3.8) is 0 Å². The van der Waals surface area contributed by atoms with E-state index in [9.17, 15) is 4.79 Å². The van der Waals surface area contributed by atoms with Crippen molar-refractivity contribution in [2.24, 2.45) is 13.0 Å². The molecule has 0 aromatic carbocycles. The molecule has 2 N–H and O–H groups in total. The normalized spacial score (nSPS) is 30.9. The Labute approximate surface area is 144 Å². The van der Waals surface area contributed by atoms with Gasteiger partial charge in [0.2, 0.25) is 5.91 Å². The van der Waals surface area contributed by atoms with Gasteiger partial charge in [0.1, 0.15) is 6.10 Å². The molecule has 2 fully saturated rings. The van der Waals surface area contributed by atoms with Crippen molar-refractivity contribution in [3.8, 4) is 0 Å². The average Bonchev–Trinajstić information content (AvgIpc) is 3.00. The topological polar surface area (TPSA) is 68.2 Å². The third kappa shape index (κ3) is 4.36. The van der Waals surface area contributed by atoms with E-state index in [0.717, 1.165) is 45.3 Å². The molecule has 6 nitrogen and oxygen atoms in total. The predicted molar refractivity (Wildman–Crippen MR) is 92.5 cm³/mol. The van der Waals surface area contributed by atoms with Gasteiger partial charge in [0.25, 0.3) is 0 Å². The first-order valence-corrected chi connectivity index (χ1v) is 9.23. The zero-order valence-corrected chi connectivity index (χ0v) is 14.8. The van der Waals surface area contributed by atoms with Crippen molar-refractivity contribution in [2.45, 2.75) is 63.6 Å². The standard InChI is InChI=1S/C18H30N4O2/c1-13(23)21-16-7-5-15(6-8-16)19-12-14-4-3-11-24-18(14)17-9-10-20-22(17)2/h9-10,14-16,18-19H,3-8,11-12H2,1-2H3,(H,21,23)/t14-,15?,16?,18+/m0/s1. The van der Waals surface area contributed by atoms with Crippen molar-refractivity contribution in [1.29, 1.82) is 0 Å². The molecule has 2 atom stereocenters. The van der Waals surface area contributed by atoms with Gasteiger partial charge in [-0.1, -0.05) is 0 Å². The van der Waals surface area contributed by atoms with Crippen molar-refractivity contribution in [1.82, 2.24) is 20.4 Å². The summed E-state index contributed by atoms with van der Waals surface area (Å²) in [5, 5.41) is 11.1. The molecule has 3 rings (SSSR count). The highest BCUT2D eigenvalue weighted by Gasteiger charge is 2.30. The molecule has 1 aliphatic heterocycles. The summed E-state index contributed by atoms with van der Waals surface area (Å²) in [6.07, 6.45) is 8.74. The lowest BCUT2D eigenvalue weighted by Gasteiger charge is -2.35. The molecule has 134 valence electrons. The van der Waals surface area contributed by atoms with E-state index < -0.39 is 0 Å². The zero-order valence-electron chi connectivity index (χ0n) is 14.8. The number of hydrogen-bond donors (Lipinski definition) is 2. The average molecular weight is 334 g/mol. The molecule has 0 radical (unpaired) electrons. The summed E-state index contributed by atoms with van der Waals surface area (Å²) in [5.74, 6) is 0.590. The van der Waals surface area contributed by atoms with Crippen LogP contribution in [0.1, 0.15) is 57.2 Å². The number of carbonyl (C=O) groups is 1. The van der Waals surface area contributed by atoms with E-state index in [-0.39, 0.29) is 12.0 Å². The van der Waals surface area contributed by atoms with Gasteiger partial charge >= 0.3 is 0 Å². The lowest BCUT2D eigenvalue weighted by molar-refractivity contribution is -0.119. The fourth-order valence-electron chi connectivity index (χ4n) is 4.09. The molecule has 0 spiro atoms. The van der Waals surface area contributed by atoms with E-state index >= 15 is 0 Å². The molecule has 0 unspecified atom stereocenters. The van der Waals surface area contributed by atoms with Crippen LogP contribution in [0.25, 0.3) is 0 Å². The van der Waals surface area contributed by atoms with Crippen LogP contribution in [0.3, 0.4) is 0 Å². The number of ether oxygens (including phenoxy) is 1. The lowest BCUT2D eigenvalue weighted by Crippen LogP contribution is -2.43. The van der Waals surface area contributed by atoms with Crippen LogP contribution in [0.15, 0.2) is 12.3 Å². The highest BCUT2D eigenvalue weighted by Crippen LogP contribution is 2.33. The van der Waals surface area contributed by atoms with E-state index in [1.165, 1.54) is 12.1 Å². The Morgan fingerprint density at radius 2 is 2.04 bits per heavy atom. The number of aryl methyl sites for hydroxylation is 1. The highest BCUT2D eigenvalue weighted by molar-refractivity contribution is 5.73. The second-order valence-corrected chi connectivity index (χ2v) is 7.23. The molecule has 0 bridgehead atoms. The van der Waals surface area contributed by atoms with Crippen LogP contribution >= 0.6 is 0 Å². The fourth-order valence-corrected chi connectivity index (χ4v) is 4.09. The summed E-state index contributed by atoms with van der Waals surface area (Å²) in [5.41, 5.74) is 1.18. The van der Waals surface area contributed by atoms with Gasteiger partial charge < -0.3 is 15.4 Å². The van der Waals surface area contributed by atoms with Crippen LogP contribution in [0.4, 0.5) is 0 Å². The molecule has 2 aliphatic rings. The monoisotopic (exact) mass is 334 g/mol. The third-order valence-corrected chi connectivity index (χ3v) is 5.40. The van der Waals surface area contributed by atoms with Crippen molar-refractivity contribution < 1.29 is 9.53 Å². The minimum Gasteiger partial charge on any atom is -0.372 e. The van der Waals surface area contributed by atoms with E-state index in [4.69, 9.17) is 4.74 Å². The molecular formula is C18H30N4O2. The quantitative estimate of drug-likeness (QED) is 0.863. The van der Waals surface area contributed by atoms with Crippen LogP contribution in [0, 0.1) is 5.92 Å². The largest absolute Gasteiger partial charge is 0.372 e. The molecule has 2 heterocycles. The summed E-state index contributed by atoms with van der Waals surface area (Å²) < 4.78 is 8.00. The molecule has 1 saturated carbocycles. The van der Waals surface area contributed by atoms with Gasteiger partial charge in [-0.05, 0) is 44.6 Å². The fraction of sp³-hybridized carbons (Fsp3) is 0.778. The number of rotatable bonds is 5. The SMILES string of the molecule is CC(=O)NC1CCC(NC[C@@H]2CCCO[C@H]2c2ccnn2C)CC1. The van der Waals surface area contributed by atoms with Crippen LogP contribution in [0.2, 0.25) is 0 Å².